The van der Waals surface area contributed by atoms with Crippen molar-refractivity contribution in [2.75, 3.05) is 11.9 Å². The number of amides is 1. The van der Waals surface area contributed by atoms with E-state index in [4.69, 9.17) is 5.11 Å². The van der Waals surface area contributed by atoms with Crippen LogP contribution in [0.15, 0.2) is 24.3 Å². The lowest BCUT2D eigenvalue weighted by molar-refractivity contribution is -0.138. The van der Waals surface area contributed by atoms with Gasteiger partial charge in [-0.3, -0.25) is 9.59 Å². The van der Waals surface area contributed by atoms with E-state index < -0.39 is 5.97 Å². The molecule has 1 aromatic rings. The monoisotopic (exact) mass is 251 g/mol. The first-order chi connectivity index (χ1) is 8.40. The van der Waals surface area contributed by atoms with Crippen molar-refractivity contribution in [1.82, 2.24) is 0 Å². The van der Waals surface area contributed by atoms with Gasteiger partial charge in [0, 0.05) is 31.6 Å². The molecule has 1 atom stereocenters. The molecule has 0 saturated carbocycles. The highest BCUT2D eigenvalue weighted by Gasteiger charge is 2.17. The molecule has 0 aliphatic heterocycles. The zero-order valence-electron chi connectivity index (χ0n) is 10.5. The molecule has 1 amide bonds. The van der Waals surface area contributed by atoms with Crippen molar-refractivity contribution in [2.24, 2.45) is 5.92 Å². The van der Waals surface area contributed by atoms with Crippen LogP contribution in [0.2, 0.25) is 0 Å². The molecule has 0 aromatic heterocycles. The van der Waals surface area contributed by atoms with Crippen molar-refractivity contribution < 1.29 is 19.8 Å². The van der Waals surface area contributed by atoms with E-state index in [2.05, 4.69) is 0 Å². The number of rotatable bonds is 5. The Balaban J connectivity index is 2.64. The zero-order chi connectivity index (χ0) is 13.7. The molecule has 0 fully saturated rings. The van der Waals surface area contributed by atoms with Crippen LogP contribution in [-0.2, 0) is 9.59 Å². The molecule has 0 saturated heterocycles. The number of benzene rings is 1. The van der Waals surface area contributed by atoms with Crippen LogP contribution in [0.3, 0.4) is 0 Å². The summed E-state index contributed by atoms with van der Waals surface area (Å²) in [6.45, 7) is 1.72. The van der Waals surface area contributed by atoms with Gasteiger partial charge >= 0.3 is 5.97 Å². The SMILES string of the molecule is CC(CC(=O)O)CC(=O)N(C)c1cccc(O)c1. The largest absolute Gasteiger partial charge is 0.508 e. The topological polar surface area (TPSA) is 77.8 Å². The van der Waals surface area contributed by atoms with Crippen molar-refractivity contribution in [1.29, 1.82) is 0 Å². The second-order valence-electron chi connectivity index (χ2n) is 4.38. The summed E-state index contributed by atoms with van der Waals surface area (Å²) in [4.78, 5) is 23.8. The Morgan fingerprint density at radius 3 is 2.56 bits per heavy atom. The molecule has 5 heteroatoms. The normalized spacial score (nSPS) is 11.9. The Morgan fingerprint density at radius 2 is 2.00 bits per heavy atom. The number of hydrogen-bond acceptors (Lipinski definition) is 3. The van der Waals surface area contributed by atoms with Crippen LogP contribution in [0.25, 0.3) is 0 Å². The number of aliphatic carboxylic acids is 1. The van der Waals surface area contributed by atoms with Crippen LogP contribution < -0.4 is 4.90 Å². The van der Waals surface area contributed by atoms with Crippen molar-refractivity contribution in [3.8, 4) is 5.75 Å². The molecule has 5 nitrogen and oxygen atoms in total. The smallest absolute Gasteiger partial charge is 0.303 e. The van der Waals surface area contributed by atoms with Gasteiger partial charge < -0.3 is 15.1 Å². The van der Waals surface area contributed by atoms with Gasteiger partial charge in [0.2, 0.25) is 5.91 Å². The minimum absolute atomic E-state index is 0.0282. The molecule has 1 rings (SSSR count). The van der Waals surface area contributed by atoms with Crippen LogP contribution in [0, 0.1) is 5.92 Å². The zero-order valence-corrected chi connectivity index (χ0v) is 10.5. The molecule has 0 spiro atoms. The van der Waals surface area contributed by atoms with Gasteiger partial charge in [-0.1, -0.05) is 13.0 Å². The van der Waals surface area contributed by atoms with Gasteiger partial charge in [0.15, 0.2) is 0 Å². The standard InChI is InChI=1S/C13H17NO4/c1-9(7-13(17)18)6-12(16)14(2)10-4-3-5-11(15)8-10/h3-5,8-9,15H,6-7H2,1-2H3,(H,17,18). The molecule has 0 bridgehead atoms. The van der Waals surface area contributed by atoms with Gasteiger partial charge in [0.1, 0.15) is 5.75 Å². The molecule has 0 heterocycles. The van der Waals surface area contributed by atoms with Gasteiger partial charge in [-0.2, -0.15) is 0 Å². The number of hydrogen-bond donors (Lipinski definition) is 2. The first-order valence-corrected chi connectivity index (χ1v) is 5.67. The highest BCUT2D eigenvalue weighted by atomic mass is 16.4. The highest BCUT2D eigenvalue weighted by Crippen LogP contribution is 2.20. The van der Waals surface area contributed by atoms with Crippen molar-refractivity contribution in [3.05, 3.63) is 24.3 Å². The van der Waals surface area contributed by atoms with Crippen LogP contribution >= 0.6 is 0 Å². The first kappa shape index (κ1) is 14.0. The van der Waals surface area contributed by atoms with E-state index in [0.717, 1.165) is 0 Å². The number of carbonyl (C=O) groups excluding carboxylic acids is 1. The molecule has 0 aliphatic carbocycles. The summed E-state index contributed by atoms with van der Waals surface area (Å²) in [6.07, 6.45) is 0.137. The quantitative estimate of drug-likeness (QED) is 0.837. The summed E-state index contributed by atoms with van der Waals surface area (Å²) < 4.78 is 0. The van der Waals surface area contributed by atoms with E-state index in [-0.39, 0.29) is 30.4 Å². The van der Waals surface area contributed by atoms with Gasteiger partial charge in [-0.25, -0.2) is 0 Å². The van der Waals surface area contributed by atoms with Crippen LogP contribution in [-0.4, -0.2) is 29.1 Å². The number of nitrogens with zero attached hydrogens (tertiary/aromatic N) is 1. The van der Waals surface area contributed by atoms with E-state index >= 15 is 0 Å². The number of aromatic hydroxyl groups is 1. The highest BCUT2D eigenvalue weighted by molar-refractivity contribution is 5.93. The Bertz CT molecular complexity index is 444. The maximum atomic E-state index is 11.9. The molecule has 2 N–H and O–H groups in total. The van der Waals surface area contributed by atoms with Crippen LogP contribution in [0.4, 0.5) is 5.69 Å². The van der Waals surface area contributed by atoms with Crippen LogP contribution in [0.1, 0.15) is 19.8 Å². The van der Waals surface area contributed by atoms with Crippen molar-refractivity contribution in [3.63, 3.8) is 0 Å². The van der Waals surface area contributed by atoms with Crippen molar-refractivity contribution in [2.45, 2.75) is 19.8 Å². The number of anilines is 1. The molecule has 1 aromatic carbocycles. The fraction of sp³-hybridized carbons (Fsp3) is 0.385. The summed E-state index contributed by atoms with van der Waals surface area (Å²) in [5.41, 5.74) is 0.586. The molecule has 1 unspecified atom stereocenters. The minimum atomic E-state index is -0.907. The lowest BCUT2D eigenvalue weighted by Crippen LogP contribution is -2.28. The number of phenols is 1. The van der Waals surface area contributed by atoms with E-state index in [1.807, 2.05) is 0 Å². The second kappa shape index (κ2) is 6.05. The van der Waals surface area contributed by atoms with Gasteiger partial charge in [-0.15, -0.1) is 0 Å². The van der Waals surface area contributed by atoms with Crippen LogP contribution in [0.5, 0.6) is 5.75 Å². The lowest BCUT2D eigenvalue weighted by Gasteiger charge is -2.19. The number of carboxylic acids is 1. The molecule has 18 heavy (non-hydrogen) atoms. The molecule has 0 aliphatic rings. The Hall–Kier alpha value is -2.04. The van der Waals surface area contributed by atoms with Gasteiger partial charge in [0.25, 0.3) is 0 Å². The Kier molecular flexibility index (Phi) is 4.71. The third-order valence-electron chi connectivity index (χ3n) is 2.64. The van der Waals surface area contributed by atoms with Gasteiger partial charge in [0.05, 0.1) is 0 Å². The average molecular weight is 251 g/mol. The van der Waals surface area contributed by atoms with Crippen molar-refractivity contribution >= 4 is 17.6 Å². The summed E-state index contributed by atoms with van der Waals surface area (Å²) in [7, 11) is 1.60. The van der Waals surface area contributed by atoms with Gasteiger partial charge in [-0.05, 0) is 18.1 Å². The Morgan fingerprint density at radius 1 is 1.33 bits per heavy atom. The lowest BCUT2D eigenvalue weighted by atomic mass is 10.0. The summed E-state index contributed by atoms with van der Waals surface area (Å²) in [5.74, 6) is -1.20. The first-order valence-electron chi connectivity index (χ1n) is 5.67. The fourth-order valence-electron chi connectivity index (χ4n) is 1.65. The molecular weight excluding hydrogens is 234 g/mol. The van der Waals surface area contributed by atoms with E-state index in [0.29, 0.717) is 5.69 Å². The third-order valence-corrected chi connectivity index (χ3v) is 2.64. The minimum Gasteiger partial charge on any atom is -0.508 e. The maximum absolute atomic E-state index is 11.9. The van der Waals surface area contributed by atoms with E-state index in [1.165, 1.54) is 17.0 Å². The average Bonchev–Trinajstić information content (AvgIpc) is 2.26. The summed E-state index contributed by atoms with van der Waals surface area (Å²) in [6, 6.07) is 6.36. The number of carbonyl (C=O) groups is 2. The predicted molar refractivity (Wildman–Crippen MR) is 67.6 cm³/mol. The summed E-state index contributed by atoms with van der Waals surface area (Å²) in [5, 5.41) is 18.0. The Labute approximate surface area is 106 Å². The fourth-order valence-corrected chi connectivity index (χ4v) is 1.65. The molecular formula is C13H17NO4. The molecule has 98 valence electrons. The second-order valence-corrected chi connectivity index (χ2v) is 4.38. The maximum Gasteiger partial charge on any atom is 0.303 e. The number of phenolic OH excluding ortho intramolecular Hbond substituents is 1. The predicted octanol–water partition coefficient (Wildman–Crippen LogP) is 1.86. The molecule has 0 radical (unpaired) electrons. The van der Waals surface area contributed by atoms with E-state index in [1.54, 1.807) is 26.1 Å². The number of carboxylic acid groups (broad SMARTS) is 1. The third kappa shape index (κ3) is 4.08. The van der Waals surface area contributed by atoms with E-state index in [9.17, 15) is 14.7 Å². The summed E-state index contributed by atoms with van der Waals surface area (Å²) >= 11 is 0.